The van der Waals surface area contributed by atoms with Crippen molar-refractivity contribution in [2.24, 2.45) is 10.9 Å². The monoisotopic (exact) mass is 372 g/mol. The molecule has 7 heteroatoms. The third-order valence-electron chi connectivity index (χ3n) is 4.74. The Morgan fingerprint density at radius 1 is 1.33 bits per heavy atom. The van der Waals surface area contributed by atoms with Gasteiger partial charge in [0.2, 0.25) is 0 Å². The van der Waals surface area contributed by atoms with Gasteiger partial charge in [0.25, 0.3) is 0 Å². The van der Waals surface area contributed by atoms with Gasteiger partial charge in [-0.1, -0.05) is 6.07 Å². The van der Waals surface area contributed by atoms with Crippen LogP contribution in [-0.4, -0.2) is 42.7 Å². The number of carbonyl (C=O) groups is 1. The average molecular weight is 372 g/mol. The third kappa shape index (κ3) is 5.53. The molecule has 3 rings (SSSR count). The number of anilines is 1. The van der Waals surface area contributed by atoms with Gasteiger partial charge >= 0.3 is 6.09 Å². The lowest BCUT2D eigenvalue weighted by molar-refractivity contribution is 0.0975. The molecule has 2 heterocycles. The van der Waals surface area contributed by atoms with Gasteiger partial charge in [0, 0.05) is 19.3 Å². The van der Waals surface area contributed by atoms with Gasteiger partial charge < -0.3 is 20.1 Å². The van der Waals surface area contributed by atoms with Crippen LogP contribution in [0.5, 0.6) is 0 Å². The van der Waals surface area contributed by atoms with E-state index >= 15 is 0 Å². The fourth-order valence-electron chi connectivity index (χ4n) is 3.45. The fourth-order valence-corrected chi connectivity index (χ4v) is 3.45. The van der Waals surface area contributed by atoms with E-state index in [0.717, 1.165) is 36.5 Å². The zero-order chi connectivity index (χ0) is 19.2. The van der Waals surface area contributed by atoms with Crippen molar-refractivity contribution in [2.75, 3.05) is 19.0 Å². The van der Waals surface area contributed by atoms with Gasteiger partial charge in [-0.05, 0) is 62.3 Å². The molecular weight excluding hydrogens is 344 g/mol. The standard InChI is InChI=1S/C20H28N4O3/c1-13(2)23-20(25)27-17-6-5-15(8-17)16-9-19(22-11-16)24-18-7-4-14(10-21-18)12-26-3/h4,7,9-10,13,15,17H,5-6,8,11-12H2,1-3H3,(H,23,25)(H,21,22,24). The van der Waals surface area contributed by atoms with E-state index in [0.29, 0.717) is 19.1 Å². The summed E-state index contributed by atoms with van der Waals surface area (Å²) in [6.45, 7) is 5.10. The summed E-state index contributed by atoms with van der Waals surface area (Å²) in [5.41, 5.74) is 2.33. The second kappa shape index (κ2) is 8.99. The first kappa shape index (κ1) is 19.4. The summed E-state index contributed by atoms with van der Waals surface area (Å²) in [7, 11) is 1.67. The van der Waals surface area contributed by atoms with Crippen LogP contribution in [-0.2, 0) is 16.1 Å². The van der Waals surface area contributed by atoms with Crippen molar-refractivity contribution in [3.05, 3.63) is 35.5 Å². The van der Waals surface area contributed by atoms with E-state index in [1.165, 1.54) is 5.57 Å². The predicted molar refractivity (Wildman–Crippen MR) is 105 cm³/mol. The average Bonchev–Trinajstić information content (AvgIpc) is 3.25. The van der Waals surface area contributed by atoms with E-state index in [1.807, 2.05) is 26.0 Å². The Balaban J connectivity index is 1.49. The quantitative estimate of drug-likeness (QED) is 0.800. The summed E-state index contributed by atoms with van der Waals surface area (Å²) in [6.07, 6.45) is 6.36. The Kier molecular flexibility index (Phi) is 6.45. The van der Waals surface area contributed by atoms with E-state index in [1.54, 1.807) is 13.3 Å². The molecule has 0 bridgehead atoms. The molecule has 2 unspecified atom stereocenters. The van der Waals surface area contributed by atoms with Gasteiger partial charge in [0.15, 0.2) is 0 Å². The number of hydrogen-bond donors (Lipinski definition) is 2. The van der Waals surface area contributed by atoms with Crippen LogP contribution in [0.1, 0.15) is 38.7 Å². The molecule has 7 nitrogen and oxygen atoms in total. The van der Waals surface area contributed by atoms with E-state index < -0.39 is 0 Å². The molecule has 27 heavy (non-hydrogen) atoms. The van der Waals surface area contributed by atoms with Crippen molar-refractivity contribution in [3.63, 3.8) is 0 Å². The number of ether oxygens (including phenoxy) is 2. The van der Waals surface area contributed by atoms with Crippen molar-refractivity contribution in [2.45, 2.75) is 51.9 Å². The number of aromatic nitrogens is 1. The SMILES string of the molecule is COCc1ccc(NC2=NCC(C3CCC(OC(=O)NC(C)C)C3)=C2)nc1. The third-order valence-corrected chi connectivity index (χ3v) is 4.74. The van der Waals surface area contributed by atoms with E-state index in [9.17, 15) is 4.79 Å². The van der Waals surface area contributed by atoms with Crippen molar-refractivity contribution >= 4 is 17.7 Å². The Hall–Kier alpha value is -2.41. The number of nitrogens with one attached hydrogen (secondary N) is 2. The molecule has 2 aliphatic rings. The molecule has 0 saturated heterocycles. The number of alkyl carbamates (subject to hydrolysis) is 1. The maximum atomic E-state index is 11.8. The summed E-state index contributed by atoms with van der Waals surface area (Å²) < 4.78 is 10.6. The van der Waals surface area contributed by atoms with Crippen LogP contribution >= 0.6 is 0 Å². The Morgan fingerprint density at radius 2 is 2.19 bits per heavy atom. The molecule has 146 valence electrons. The zero-order valence-electron chi connectivity index (χ0n) is 16.2. The van der Waals surface area contributed by atoms with Crippen LogP contribution < -0.4 is 10.6 Å². The topological polar surface area (TPSA) is 84.8 Å². The largest absolute Gasteiger partial charge is 0.446 e. The van der Waals surface area contributed by atoms with Crippen molar-refractivity contribution in [1.82, 2.24) is 10.3 Å². The van der Waals surface area contributed by atoms with Crippen LogP contribution in [0.15, 0.2) is 35.0 Å². The highest BCUT2D eigenvalue weighted by molar-refractivity contribution is 6.05. The summed E-state index contributed by atoms with van der Waals surface area (Å²) in [4.78, 5) is 20.7. The molecule has 1 aliphatic carbocycles. The number of methoxy groups -OCH3 is 1. The van der Waals surface area contributed by atoms with Gasteiger partial charge in [-0.25, -0.2) is 9.78 Å². The summed E-state index contributed by atoms with van der Waals surface area (Å²) in [5.74, 6) is 2.02. The van der Waals surface area contributed by atoms with Crippen LogP contribution in [0, 0.1) is 5.92 Å². The molecule has 0 radical (unpaired) electrons. The number of rotatable bonds is 6. The summed E-state index contributed by atoms with van der Waals surface area (Å²) >= 11 is 0. The Morgan fingerprint density at radius 3 is 2.89 bits per heavy atom. The Bertz CT molecular complexity index is 712. The zero-order valence-corrected chi connectivity index (χ0v) is 16.2. The molecule has 1 saturated carbocycles. The Labute approximate surface area is 160 Å². The molecule has 0 aromatic carbocycles. The molecule has 1 amide bonds. The van der Waals surface area contributed by atoms with Gasteiger partial charge in [-0.3, -0.25) is 4.99 Å². The first-order valence-corrected chi connectivity index (χ1v) is 9.46. The summed E-state index contributed by atoms with van der Waals surface area (Å²) in [6, 6.07) is 4.00. The molecule has 1 aromatic rings. The molecule has 2 atom stereocenters. The highest BCUT2D eigenvalue weighted by atomic mass is 16.6. The second-order valence-corrected chi connectivity index (χ2v) is 7.37. The number of aliphatic imine (C=N–C) groups is 1. The minimum Gasteiger partial charge on any atom is -0.446 e. The van der Waals surface area contributed by atoms with Gasteiger partial charge in [0.1, 0.15) is 17.8 Å². The lowest BCUT2D eigenvalue weighted by Gasteiger charge is -2.15. The lowest BCUT2D eigenvalue weighted by Crippen LogP contribution is -2.33. The molecular formula is C20H28N4O3. The normalized spacial score (nSPS) is 21.8. The van der Waals surface area contributed by atoms with E-state index in [4.69, 9.17) is 9.47 Å². The van der Waals surface area contributed by atoms with Crippen LogP contribution in [0.3, 0.4) is 0 Å². The van der Waals surface area contributed by atoms with Gasteiger partial charge in [-0.2, -0.15) is 0 Å². The highest BCUT2D eigenvalue weighted by Gasteiger charge is 2.31. The molecule has 0 spiro atoms. The minimum absolute atomic E-state index is 0.0124. The number of pyridine rings is 1. The number of hydrogen-bond acceptors (Lipinski definition) is 6. The van der Waals surface area contributed by atoms with Crippen LogP contribution in [0.2, 0.25) is 0 Å². The van der Waals surface area contributed by atoms with Gasteiger partial charge in [0.05, 0.1) is 13.2 Å². The molecule has 1 fully saturated rings. The highest BCUT2D eigenvalue weighted by Crippen LogP contribution is 2.34. The maximum absolute atomic E-state index is 11.8. The molecule has 1 aliphatic heterocycles. The molecule has 2 N–H and O–H groups in total. The minimum atomic E-state index is -0.322. The van der Waals surface area contributed by atoms with Gasteiger partial charge in [-0.15, -0.1) is 0 Å². The van der Waals surface area contributed by atoms with E-state index in [-0.39, 0.29) is 18.2 Å². The van der Waals surface area contributed by atoms with E-state index in [2.05, 4.69) is 26.7 Å². The number of amidine groups is 1. The maximum Gasteiger partial charge on any atom is 0.407 e. The smallest absolute Gasteiger partial charge is 0.407 e. The van der Waals surface area contributed by atoms with Crippen molar-refractivity contribution < 1.29 is 14.3 Å². The first-order chi connectivity index (χ1) is 13.0. The predicted octanol–water partition coefficient (Wildman–Crippen LogP) is 3.28. The summed E-state index contributed by atoms with van der Waals surface area (Å²) in [5, 5.41) is 6.03. The van der Waals surface area contributed by atoms with Crippen molar-refractivity contribution in [1.29, 1.82) is 0 Å². The molecule has 1 aromatic heterocycles. The number of amides is 1. The first-order valence-electron chi connectivity index (χ1n) is 9.46. The lowest BCUT2D eigenvalue weighted by atomic mass is 9.98. The number of carbonyl (C=O) groups excluding carboxylic acids is 1. The second-order valence-electron chi connectivity index (χ2n) is 7.37. The fraction of sp³-hybridized carbons (Fsp3) is 0.550. The number of nitrogens with zero attached hydrogens (tertiary/aromatic N) is 2. The van der Waals surface area contributed by atoms with Crippen LogP contribution in [0.4, 0.5) is 10.6 Å². The van der Waals surface area contributed by atoms with Crippen LogP contribution in [0.25, 0.3) is 0 Å². The van der Waals surface area contributed by atoms with Crippen molar-refractivity contribution in [3.8, 4) is 0 Å².